The van der Waals surface area contributed by atoms with E-state index in [9.17, 15) is 8.78 Å². The van der Waals surface area contributed by atoms with Crippen LogP contribution in [0.1, 0.15) is 17.3 Å². The van der Waals surface area contributed by atoms with Crippen LogP contribution in [0.3, 0.4) is 0 Å². The van der Waals surface area contributed by atoms with Gasteiger partial charge in [-0.25, -0.2) is 0 Å². The molecular formula is C11H12F2N4O. The molecule has 0 saturated carbocycles. The summed E-state index contributed by atoms with van der Waals surface area (Å²) in [5.74, 6) is 0.0769. The standard InChI is InChI=1S/C11H12F2N4O/c1-17-9(6-15-16-17)10(14)7-3-2-4-8(5-7)18-11(12)13/h2-6,10-11H,14H2,1H3. The number of ether oxygens (including phenoxy) is 1. The first kappa shape index (κ1) is 12.4. The number of nitrogens with two attached hydrogens (primary N) is 1. The summed E-state index contributed by atoms with van der Waals surface area (Å²) in [7, 11) is 1.71. The fraction of sp³-hybridized carbons (Fsp3) is 0.273. The Hall–Kier alpha value is -2.02. The van der Waals surface area contributed by atoms with Crippen LogP contribution in [0.25, 0.3) is 0 Å². The number of aromatic nitrogens is 3. The fourth-order valence-corrected chi connectivity index (χ4v) is 1.63. The lowest BCUT2D eigenvalue weighted by atomic mass is 10.1. The molecule has 0 aliphatic heterocycles. The average molecular weight is 254 g/mol. The Morgan fingerprint density at radius 3 is 2.78 bits per heavy atom. The third kappa shape index (κ3) is 2.62. The van der Waals surface area contributed by atoms with E-state index in [1.807, 2.05) is 0 Å². The molecule has 0 spiro atoms. The number of halogens is 2. The first-order chi connectivity index (χ1) is 8.58. The van der Waals surface area contributed by atoms with Crippen LogP contribution in [0.4, 0.5) is 8.78 Å². The van der Waals surface area contributed by atoms with E-state index < -0.39 is 12.7 Å². The van der Waals surface area contributed by atoms with Crippen molar-refractivity contribution in [3.8, 4) is 5.75 Å². The van der Waals surface area contributed by atoms with Crippen molar-refractivity contribution in [2.75, 3.05) is 0 Å². The molecule has 0 amide bonds. The SMILES string of the molecule is Cn1nncc1C(N)c1cccc(OC(F)F)c1. The molecule has 1 heterocycles. The molecule has 0 bridgehead atoms. The third-order valence-electron chi connectivity index (χ3n) is 2.51. The smallest absolute Gasteiger partial charge is 0.387 e. The summed E-state index contributed by atoms with van der Waals surface area (Å²) in [6, 6.07) is 5.77. The van der Waals surface area contributed by atoms with Gasteiger partial charge in [-0.2, -0.15) is 8.78 Å². The molecule has 96 valence electrons. The van der Waals surface area contributed by atoms with Crippen molar-refractivity contribution in [1.29, 1.82) is 0 Å². The summed E-state index contributed by atoms with van der Waals surface area (Å²) >= 11 is 0. The topological polar surface area (TPSA) is 66.0 Å². The summed E-state index contributed by atoms with van der Waals surface area (Å²) in [6.07, 6.45) is 1.53. The number of hydrogen-bond acceptors (Lipinski definition) is 4. The molecule has 1 atom stereocenters. The van der Waals surface area contributed by atoms with E-state index in [-0.39, 0.29) is 5.75 Å². The Kier molecular flexibility index (Phi) is 3.52. The van der Waals surface area contributed by atoms with Crippen molar-refractivity contribution in [1.82, 2.24) is 15.0 Å². The minimum atomic E-state index is -2.85. The predicted molar refractivity (Wildman–Crippen MR) is 60.1 cm³/mol. The molecule has 0 aliphatic rings. The number of aryl methyl sites for hydroxylation is 1. The van der Waals surface area contributed by atoms with Gasteiger partial charge in [0.2, 0.25) is 0 Å². The van der Waals surface area contributed by atoms with E-state index >= 15 is 0 Å². The van der Waals surface area contributed by atoms with E-state index in [0.29, 0.717) is 11.3 Å². The molecule has 0 saturated heterocycles. The summed E-state index contributed by atoms with van der Waals surface area (Å²) in [5.41, 5.74) is 7.35. The Labute approximate surface area is 102 Å². The van der Waals surface area contributed by atoms with E-state index in [0.717, 1.165) is 0 Å². The molecule has 0 aliphatic carbocycles. The number of hydrogen-bond donors (Lipinski definition) is 1. The van der Waals surface area contributed by atoms with Crippen LogP contribution in [-0.4, -0.2) is 21.6 Å². The fourth-order valence-electron chi connectivity index (χ4n) is 1.63. The second kappa shape index (κ2) is 5.09. The lowest BCUT2D eigenvalue weighted by molar-refractivity contribution is -0.0498. The van der Waals surface area contributed by atoms with E-state index in [1.165, 1.54) is 23.0 Å². The van der Waals surface area contributed by atoms with Crippen LogP contribution in [0.15, 0.2) is 30.5 Å². The van der Waals surface area contributed by atoms with Gasteiger partial charge in [-0.05, 0) is 17.7 Å². The number of nitrogens with zero attached hydrogens (tertiary/aromatic N) is 3. The third-order valence-corrected chi connectivity index (χ3v) is 2.51. The summed E-state index contributed by atoms with van der Waals surface area (Å²) in [4.78, 5) is 0. The Morgan fingerprint density at radius 1 is 1.39 bits per heavy atom. The van der Waals surface area contributed by atoms with Crippen molar-refractivity contribution in [2.24, 2.45) is 12.8 Å². The van der Waals surface area contributed by atoms with Crippen molar-refractivity contribution in [3.05, 3.63) is 41.7 Å². The van der Waals surface area contributed by atoms with Crippen LogP contribution in [0.2, 0.25) is 0 Å². The zero-order chi connectivity index (χ0) is 13.1. The Balaban J connectivity index is 2.25. The molecule has 2 aromatic rings. The maximum absolute atomic E-state index is 12.1. The van der Waals surface area contributed by atoms with Crippen LogP contribution >= 0.6 is 0 Å². The van der Waals surface area contributed by atoms with Gasteiger partial charge in [0.05, 0.1) is 17.9 Å². The zero-order valence-electron chi connectivity index (χ0n) is 9.62. The molecule has 5 nitrogen and oxygen atoms in total. The molecular weight excluding hydrogens is 242 g/mol. The van der Waals surface area contributed by atoms with Gasteiger partial charge in [0.15, 0.2) is 0 Å². The highest BCUT2D eigenvalue weighted by Gasteiger charge is 2.14. The molecule has 18 heavy (non-hydrogen) atoms. The van der Waals surface area contributed by atoms with Gasteiger partial charge >= 0.3 is 6.61 Å². The van der Waals surface area contributed by atoms with Crippen LogP contribution in [0.5, 0.6) is 5.75 Å². The molecule has 1 aromatic carbocycles. The molecule has 2 N–H and O–H groups in total. The van der Waals surface area contributed by atoms with Crippen molar-refractivity contribution in [3.63, 3.8) is 0 Å². The van der Waals surface area contributed by atoms with Gasteiger partial charge in [-0.3, -0.25) is 4.68 Å². The average Bonchev–Trinajstić information content (AvgIpc) is 2.74. The second-order valence-corrected chi connectivity index (χ2v) is 3.71. The molecule has 7 heteroatoms. The van der Waals surface area contributed by atoms with Crippen molar-refractivity contribution >= 4 is 0 Å². The summed E-state index contributed by atoms with van der Waals surface area (Å²) in [5, 5.41) is 7.49. The van der Waals surface area contributed by atoms with Crippen LogP contribution < -0.4 is 10.5 Å². The number of benzene rings is 1. The maximum Gasteiger partial charge on any atom is 0.387 e. The minimum absolute atomic E-state index is 0.0769. The van der Waals surface area contributed by atoms with Crippen LogP contribution in [-0.2, 0) is 7.05 Å². The minimum Gasteiger partial charge on any atom is -0.435 e. The molecule has 0 fully saturated rings. The lowest BCUT2D eigenvalue weighted by Crippen LogP contribution is -2.16. The van der Waals surface area contributed by atoms with Gasteiger partial charge in [0, 0.05) is 7.05 Å². The summed E-state index contributed by atoms with van der Waals surface area (Å²) in [6.45, 7) is -2.85. The van der Waals surface area contributed by atoms with Gasteiger partial charge in [0.1, 0.15) is 5.75 Å². The van der Waals surface area contributed by atoms with Gasteiger partial charge in [-0.1, -0.05) is 17.3 Å². The molecule has 1 aromatic heterocycles. The van der Waals surface area contributed by atoms with Crippen LogP contribution in [0, 0.1) is 0 Å². The first-order valence-electron chi connectivity index (χ1n) is 5.23. The molecule has 2 rings (SSSR count). The van der Waals surface area contributed by atoms with Gasteiger partial charge in [-0.15, -0.1) is 5.10 Å². The van der Waals surface area contributed by atoms with E-state index in [4.69, 9.17) is 5.73 Å². The molecule has 0 radical (unpaired) electrons. The monoisotopic (exact) mass is 254 g/mol. The van der Waals surface area contributed by atoms with E-state index in [2.05, 4.69) is 15.0 Å². The quantitative estimate of drug-likeness (QED) is 0.897. The Bertz CT molecular complexity index is 529. The molecule has 1 unspecified atom stereocenters. The first-order valence-corrected chi connectivity index (χ1v) is 5.23. The zero-order valence-corrected chi connectivity index (χ0v) is 9.62. The highest BCUT2D eigenvalue weighted by atomic mass is 19.3. The van der Waals surface area contributed by atoms with E-state index in [1.54, 1.807) is 19.2 Å². The maximum atomic E-state index is 12.1. The highest BCUT2D eigenvalue weighted by molar-refractivity contribution is 5.33. The predicted octanol–water partition coefficient (Wildman–Crippen LogP) is 1.46. The van der Waals surface area contributed by atoms with Gasteiger partial charge < -0.3 is 10.5 Å². The number of alkyl halides is 2. The largest absolute Gasteiger partial charge is 0.435 e. The Morgan fingerprint density at radius 2 is 2.17 bits per heavy atom. The number of rotatable bonds is 4. The normalized spacial score (nSPS) is 12.7. The second-order valence-electron chi connectivity index (χ2n) is 3.71. The lowest BCUT2D eigenvalue weighted by Gasteiger charge is -2.13. The highest BCUT2D eigenvalue weighted by Crippen LogP contribution is 2.23. The van der Waals surface area contributed by atoms with Gasteiger partial charge in [0.25, 0.3) is 0 Å². The van der Waals surface area contributed by atoms with Crippen molar-refractivity contribution in [2.45, 2.75) is 12.7 Å². The van der Waals surface area contributed by atoms with Crippen molar-refractivity contribution < 1.29 is 13.5 Å². The summed E-state index contributed by atoms with van der Waals surface area (Å²) < 4.78 is 30.1.